The van der Waals surface area contributed by atoms with E-state index in [-0.39, 0.29) is 11.5 Å². The van der Waals surface area contributed by atoms with Gasteiger partial charge in [-0.05, 0) is 19.9 Å². The monoisotopic (exact) mass is 280 g/mol. The summed E-state index contributed by atoms with van der Waals surface area (Å²) in [6.45, 7) is 6.79. The number of ether oxygens (including phenoxy) is 1. The number of hydrogen-bond donors (Lipinski definition) is 1. The zero-order valence-corrected chi connectivity index (χ0v) is 12.6. The highest BCUT2D eigenvalue weighted by Gasteiger charge is 2.14. The molecule has 1 aliphatic rings. The van der Waals surface area contributed by atoms with Crippen LogP contribution in [0.15, 0.2) is 11.3 Å². The molecule has 6 heteroatoms. The second kappa shape index (κ2) is 8.56. The molecule has 20 heavy (non-hydrogen) atoms. The Morgan fingerprint density at radius 2 is 2.05 bits per heavy atom. The van der Waals surface area contributed by atoms with Gasteiger partial charge in [-0.25, -0.2) is 0 Å². The Kier molecular flexibility index (Phi) is 7.05. The summed E-state index contributed by atoms with van der Waals surface area (Å²) in [5, 5.41) is 11.9. The minimum atomic E-state index is -0.291. The van der Waals surface area contributed by atoms with E-state index in [9.17, 15) is 4.79 Å². The third-order valence-corrected chi connectivity index (χ3v) is 3.41. The molecule has 0 aromatic heterocycles. The molecule has 0 unspecified atom stereocenters. The summed E-state index contributed by atoms with van der Waals surface area (Å²) >= 11 is 0. The zero-order valence-electron chi connectivity index (χ0n) is 12.6. The lowest BCUT2D eigenvalue weighted by atomic mass is 10.2. The van der Waals surface area contributed by atoms with Crippen molar-refractivity contribution in [1.82, 2.24) is 15.1 Å². The Morgan fingerprint density at radius 1 is 1.40 bits per heavy atom. The molecule has 1 aliphatic heterocycles. The molecule has 1 saturated heterocycles. The minimum absolute atomic E-state index is 0.182. The van der Waals surface area contributed by atoms with Gasteiger partial charge in [-0.3, -0.25) is 9.69 Å². The van der Waals surface area contributed by atoms with Crippen LogP contribution in [0.2, 0.25) is 0 Å². The van der Waals surface area contributed by atoms with Gasteiger partial charge in [0.25, 0.3) is 5.91 Å². The van der Waals surface area contributed by atoms with Crippen LogP contribution in [0.3, 0.4) is 0 Å². The minimum Gasteiger partial charge on any atom is -0.380 e. The van der Waals surface area contributed by atoms with Crippen molar-refractivity contribution in [3.8, 4) is 6.07 Å². The first-order chi connectivity index (χ1) is 9.56. The Labute approximate surface area is 121 Å². The maximum atomic E-state index is 11.9. The molecular formula is C14H24N4O2. The molecule has 0 aromatic carbocycles. The number of rotatable bonds is 6. The van der Waals surface area contributed by atoms with Crippen LogP contribution in [0.4, 0.5) is 0 Å². The van der Waals surface area contributed by atoms with Crippen LogP contribution in [0.5, 0.6) is 0 Å². The van der Waals surface area contributed by atoms with E-state index in [4.69, 9.17) is 10.00 Å². The average molecular weight is 280 g/mol. The van der Waals surface area contributed by atoms with Crippen LogP contribution in [-0.2, 0) is 9.53 Å². The number of nitrogens with one attached hydrogen (secondary N) is 1. The van der Waals surface area contributed by atoms with Gasteiger partial charge in [0, 0.05) is 39.4 Å². The Bertz CT molecular complexity index is 392. The fourth-order valence-corrected chi connectivity index (χ4v) is 1.94. The highest BCUT2D eigenvalue weighted by atomic mass is 16.5. The molecule has 0 saturated carbocycles. The predicted molar refractivity (Wildman–Crippen MR) is 76.9 cm³/mol. The molecule has 6 nitrogen and oxygen atoms in total. The second-order valence-corrected chi connectivity index (χ2v) is 5.03. The molecule has 1 heterocycles. The van der Waals surface area contributed by atoms with Crippen molar-refractivity contribution in [3.05, 3.63) is 11.3 Å². The molecule has 1 N–H and O–H groups in total. The summed E-state index contributed by atoms with van der Waals surface area (Å²) in [6, 6.07) is 1.97. The third kappa shape index (κ3) is 5.19. The number of morpholine rings is 1. The number of carbonyl (C=O) groups excluding carboxylic acids is 1. The van der Waals surface area contributed by atoms with Crippen molar-refractivity contribution in [2.75, 3.05) is 53.5 Å². The van der Waals surface area contributed by atoms with Crippen LogP contribution >= 0.6 is 0 Å². The van der Waals surface area contributed by atoms with E-state index in [1.165, 1.54) is 0 Å². The highest BCUT2D eigenvalue weighted by Crippen LogP contribution is 2.05. The molecule has 0 bridgehead atoms. The summed E-state index contributed by atoms with van der Waals surface area (Å²) in [7, 11) is 3.64. The lowest BCUT2D eigenvalue weighted by Gasteiger charge is -2.26. The normalized spacial score (nSPS) is 17.1. The number of amides is 1. The number of carbonyl (C=O) groups is 1. The van der Waals surface area contributed by atoms with Crippen molar-refractivity contribution in [3.63, 3.8) is 0 Å². The van der Waals surface area contributed by atoms with Crippen LogP contribution in [-0.4, -0.2) is 69.2 Å². The predicted octanol–water partition coefficient (Wildman–Crippen LogP) is 0.184. The standard InChI is InChI=1S/C14H24N4O2/c1-12(17(2)3)13(11-15)14(19)16-5-4-6-18-7-9-20-10-8-18/h4-10H2,1-3H3,(H,16,19)/b13-12-. The molecule has 0 radical (unpaired) electrons. The lowest BCUT2D eigenvalue weighted by molar-refractivity contribution is -0.117. The van der Waals surface area contributed by atoms with Crippen molar-refractivity contribution < 1.29 is 9.53 Å². The first-order valence-electron chi connectivity index (χ1n) is 6.93. The van der Waals surface area contributed by atoms with E-state index in [1.807, 2.05) is 20.2 Å². The third-order valence-electron chi connectivity index (χ3n) is 3.41. The molecule has 0 atom stereocenters. The SMILES string of the molecule is C/C(=C(\C#N)C(=O)NCCCN1CCOCC1)N(C)C. The van der Waals surface area contributed by atoms with Crippen LogP contribution in [0.1, 0.15) is 13.3 Å². The maximum absolute atomic E-state index is 11.9. The van der Waals surface area contributed by atoms with E-state index in [0.29, 0.717) is 12.2 Å². The Morgan fingerprint density at radius 3 is 2.60 bits per heavy atom. The molecule has 1 amide bonds. The quantitative estimate of drug-likeness (QED) is 0.427. The summed E-state index contributed by atoms with van der Waals surface area (Å²) in [5.41, 5.74) is 0.861. The number of nitriles is 1. The van der Waals surface area contributed by atoms with E-state index >= 15 is 0 Å². The molecule has 0 spiro atoms. The first kappa shape index (κ1) is 16.5. The van der Waals surface area contributed by atoms with E-state index in [1.54, 1.807) is 11.8 Å². The van der Waals surface area contributed by atoms with Crippen LogP contribution in [0.25, 0.3) is 0 Å². The second-order valence-electron chi connectivity index (χ2n) is 5.03. The van der Waals surface area contributed by atoms with Gasteiger partial charge in [-0.2, -0.15) is 5.26 Å². The number of allylic oxidation sites excluding steroid dienone is 1. The largest absolute Gasteiger partial charge is 0.380 e. The molecule has 112 valence electrons. The van der Waals surface area contributed by atoms with E-state index in [2.05, 4.69) is 10.2 Å². The van der Waals surface area contributed by atoms with Gasteiger partial charge in [0.2, 0.25) is 0 Å². The summed E-state index contributed by atoms with van der Waals surface area (Å²) in [6.07, 6.45) is 0.880. The van der Waals surface area contributed by atoms with Gasteiger partial charge in [-0.1, -0.05) is 0 Å². The molecular weight excluding hydrogens is 256 g/mol. The fourth-order valence-electron chi connectivity index (χ4n) is 1.94. The highest BCUT2D eigenvalue weighted by molar-refractivity contribution is 5.97. The van der Waals surface area contributed by atoms with Gasteiger partial charge in [0.1, 0.15) is 11.6 Å². The van der Waals surface area contributed by atoms with Gasteiger partial charge in [-0.15, -0.1) is 0 Å². The molecule has 1 fully saturated rings. The Hall–Kier alpha value is -1.58. The van der Waals surface area contributed by atoms with Crippen LogP contribution < -0.4 is 5.32 Å². The summed E-state index contributed by atoms with van der Waals surface area (Å²) < 4.78 is 5.28. The van der Waals surface area contributed by atoms with Crippen molar-refractivity contribution in [1.29, 1.82) is 5.26 Å². The lowest BCUT2D eigenvalue weighted by Crippen LogP contribution is -2.38. The smallest absolute Gasteiger partial charge is 0.263 e. The van der Waals surface area contributed by atoms with Crippen molar-refractivity contribution in [2.45, 2.75) is 13.3 Å². The maximum Gasteiger partial charge on any atom is 0.263 e. The Balaban J connectivity index is 2.32. The van der Waals surface area contributed by atoms with Gasteiger partial charge in [0.15, 0.2) is 0 Å². The molecule has 1 rings (SSSR count). The molecule has 0 aliphatic carbocycles. The topological polar surface area (TPSA) is 68.6 Å². The molecule has 0 aromatic rings. The summed E-state index contributed by atoms with van der Waals surface area (Å²) in [4.78, 5) is 16.0. The van der Waals surface area contributed by atoms with Crippen LogP contribution in [0, 0.1) is 11.3 Å². The van der Waals surface area contributed by atoms with Crippen molar-refractivity contribution in [2.24, 2.45) is 0 Å². The zero-order chi connectivity index (χ0) is 15.0. The average Bonchev–Trinajstić information content (AvgIpc) is 2.45. The van der Waals surface area contributed by atoms with E-state index < -0.39 is 0 Å². The first-order valence-corrected chi connectivity index (χ1v) is 6.93. The van der Waals surface area contributed by atoms with E-state index in [0.717, 1.165) is 39.3 Å². The van der Waals surface area contributed by atoms with Gasteiger partial charge >= 0.3 is 0 Å². The fraction of sp³-hybridized carbons (Fsp3) is 0.714. The van der Waals surface area contributed by atoms with Crippen molar-refractivity contribution >= 4 is 5.91 Å². The van der Waals surface area contributed by atoms with Gasteiger partial charge in [0.05, 0.1) is 13.2 Å². The summed E-state index contributed by atoms with van der Waals surface area (Å²) in [5.74, 6) is -0.291. The number of nitrogens with zero attached hydrogens (tertiary/aromatic N) is 3. The number of hydrogen-bond acceptors (Lipinski definition) is 5. The van der Waals surface area contributed by atoms with Gasteiger partial charge < -0.3 is 15.0 Å².